The Hall–Kier alpha value is -4.04. The monoisotopic (exact) mass is 485 g/mol. The number of benzene rings is 3. The molecule has 2 heterocycles. The zero-order valence-corrected chi connectivity index (χ0v) is 20.2. The zero-order valence-electron chi connectivity index (χ0n) is 19.4. The van der Waals surface area contributed by atoms with Gasteiger partial charge in [0, 0.05) is 6.92 Å². The van der Waals surface area contributed by atoms with E-state index >= 15 is 0 Å². The summed E-state index contributed by atoms with van der Waals surface area (Å²) in [6.07, 6.45) is 3.91. The van der Waals surface area contributed by atoms with Gasteiger partial charge in [0.25, 0.3) is 5.56 Å². The molecule has 176 valence electrons. The highest BCUT2D eigenvalue weighted by molar-refractivity contribution is 7.15. The average molecular weight is 486 g/mol. The normalized spacial score (nSPS) is 11.9. The fraction of sp³-hybridized carbons (Fsp3) is 0.185. The molecule has 8 heteroatoms. The Kier molecular flexibility index (Phi) is 6.29. The molecule has 0 saturated carbocycles. The standard InChI is InChI=1S/C27H23N3O4S/c1-3-4-13-33-21-11-9-18(10-12-21)14-24-26(32)30-27(35-24)28-25(29-30)22-15-19-7-5-6-8-20(19)16-23(22)34-17(2)31/h5-12,14-16H,3-4,13H2,1-2H3. The van der Waals surface area contributed by atoms with Crippen molar-refractivity contribution >= 4 is 39.1 Å². The molecule has 0 atom stereocenters. The lowest BCUT2D eigenvalue weighted by atomic mass is 10.1. The van der Waals surface area contributed by atoms with Crippen LogP contribution in [0.2, 0.25) is 0 Å². The highest BCUT2D eigenvalue weighted by Crippen LogP contribution is 2.33. The number of fused-ring (bicyclic) bond motifs is 2. The van der Waals surface area contributed by atoms with Crippen molar-refractivity contribution in [1.29, 1.82) is 0 Å². The molecule has 0 aliphatic rings. The first-order chi connectivity index (χ1) is 17.0. The Labute approximate surface area is 205 Å². The third-order valence-electron chi connectivity index (χ3n) is 5.47. The molecule has 0 bridgehead atoms. The Bertz CT molecular complexity index is 1640. The summed E-state index contributed by atoms with van der Waals surface area (Å²) in [5.41, 5.74) is 1.20. The molecular formula is C27H23N3O4S. The topological polar surface area (TPSA) is 82.8 Å². The van der Waals surface area contributed by atoms with Crippen LogP contribution in [0.1, 0.15) is 32.3 Å². The van der Waals surface area contributed by atoms with E-state index in [2.05, 4.69) is 17.0 Å². The summed E-state index contributed by atoms with van der Waals surface area (Å²) in [6, 6.07) is 19.0. The zero-order chi connectivity index (χ0) is 24.4. The Morgan fingerprint density at radius 3 is 2.51 bits per heavy atom. The van der Waals surface area contributed by atoms with E-state index in [0.717, 1.165) is 34.9 Å². The van der Waals surface area contributed by atoms with Gasteiger partial charge in [-0.05, 0) is 53.1 Å². The van der Waals surface area contributed by atoms with Crippen molar-refractivity contribution in [3.8, 4) is 22.9 Å². The fourth-order valence-electron chi connectivity index (χ4n) is 3.73. The molecule has 5 rings (SSSR count). The first kappa shape index (κ1) is 22.7. The van der Waals surface area contributed by atoms with Crippen molar-refractivity contribution in [2.24, 2.45) is 0 Å². The molecule has 2 aromatic heterocycles. The molecule has 0 aliphatic carbocycles. The van der Waals surface area contributed by atoms with Gasteiger partial charge in [0.1, 0.15) is 11.5 Å². The van der Waals surface area contributed by atoms with Crippen LogP contribution in [0.3, 0.4) is 0 Å². The van der Waals surface area contributed by atoms with Crippen LogP contribution in [0.15, 0.2) is 65.5 Å². The van der Waals surface area contributed by atoms with Crippen LogP contribution in [0.4, 0.5) is 0 Å². The average Bonchev–Trinajstić information content (AvgIpc) is 3.38. The smallest absolute Gasteiger partial charge is 0.308 e. The number of aromatic nitrogens is 3. The highest BCUT2D eigenvalue weighted by Gasteiger charge is 2.17. The SMILES string of the molecule is CCCCOc1ccc(C=c2sc3nc(-c4cc5ccccc5cc4OC(C)=O)nn3c2=O)cc1. The van der Waals surface area contributed by atoms with Crippen LogP contribution in [0.25, 0.3) is 33.2 Å². The van der Waals surface area contributed by atoms with Crippen molar-refractivity contribution < 1.29 is 14.3 Å². The lowest BCUT2D eigenvalue weighted by molar-refractivity contribution is -0.131. The third-order valence-corrected chi connectivity index (χ3v) is 6.43. The first-order valence-corrected chi connectivity index (χ1v) is 12.2. The summed E-state index contributed by atoms with van der Waals surface area (Å²) in [7, 11) is 0. The van der Waals surface area contributed by atoms with Crippen molar-refractivity contribution in [2.75, 3.05) is 6.61 Å². The molecule has 0 aliphatic heterocycles. The number of carbonyl (C=O) groups excluding carboxylic acids is 1. The van der Waals surface area contributed by atoms with Gasteiger partial charge < -0.3 is 9.47 Å². The summed E-state index contributed by atoms with van der Waals surface area (Å²) >= 11 is 1.26. The van der Waals surface area contributed by atoms with Crippen molar-refractivity contribution in [3.05, 3.63) is 81.1 Å². The van der Waals surface area contributed by atoms with Crippen LogP contribution < -0.4 is 19.6 Å². The number of unbranched alkanes of at least 4 members (excludes halogenated alkanes) is 1. The maximum atomic E-state index is 13.0. The minimum absolute atomic E-state index is 0.248. The van der Waals surface area contributed by atoms with E-state index in [-0.39, 0.29) is 5.56 Å². The van der Waals surface area contributed by atoms with Crippen LogP contribution >= 0.6 is 11.3 Å². The summed E-state index contributed by atoms with van der Waals surface area (Å²) < 4.78 is 13.0. The first-order valence-electron chi connectivity index (χ1n) is 11.4. The molecule has 0 unspecified atom stereocenters. The van der Waals surface area contributed by atoms with E-state index < -0.39 is 5.97 Å². The number of hydrogen-bond donors (Lipinski definition) is 0. The number of rotatable bonds is 7. The van der Waals surface area contributed by atoms with Gasteiger partial charge in [0.15, 0.2) is 5.82 Å². The lowest BCUT2D eigenvalue weighted by Crippen LogP contribution is -2.23. The maximum absolute atomic E-state index is 13.0. The van der Waals surface area contributed by atoms with Gasteiger partial charge >= 0.3 is 5.97 Å². The lowest BCUT2D eigenvalue weighted by Gasteiger charge is -2.08. The van der Waals surface area contributed by atoms with E-state index in [9.17, 15) is 9.59 Å². The maximum Gasteiger partial charge on any atom is 0.308 e. The summed E-state index contributed by atoms with van der Waals surface area (Å²) in [5, 5.41) is 6.33. The number of carbonyl (C=O) groups is 1. The van der Waals surface area contributed by atoms with E-state index in [1.165, 1.54) is 22.8 Å². The summed E-state index contributed by atoms with van der Waals surface area (Å²) in [6.45, 7) is 4.16. The predicted molar refractivity (Wildman–Crippen MR) is 137 cm³/mol. The molecule has 3 aromatic carbocycles. The van der Waals surface area contributed by atoms with E-state index in [1.54, 1.807) is 6.07 Å². The van der Waals surface area contributed by atoms with Crippen molar-refractivity contribution in [3.63, 3.8) is 0 Å². The molecule has 0 fully saturated rings. The Morgan fingerprint density at radius 2 is 1.83 bits per heavy atom. The molecule has 5 aromatic rings. The summed E-state index contributed by atoms with van der Waals surface area (Å²) in [5.74, 6) is 1.06. The second-order valence-corrected chi connectivity index (χ2v) is 9.11. The third kappa shape index (κ3) is 4.79. The Morgan fingerprint density at radius 1 is 1.09 bits per heavy atom. The second-order valence-electron chi connectivity index (χ2n) is 8.11. The van der Waals surface area contributed by atoms with E-state index in [0.29, 0.717) is 33.2 Å². The summed E-state index contributed by atoms with van der Waals surface area (Å²) in [4.78, 5) is 29.8. The van der Waals surface area contributed by atoms with E-state index in [1.807, 2.05) is 60.7 Å². The van der Waals surface area contributed by atoms with Crippen LogP contribution in [0.5, 0.6) is 11.5 Å². The quantitative estimate of drug-likeness (QED) is 0.190. The molecule has 0 amide bonds. The van der Waals surface area contributed by atoms with Gasteiger partial charge in [-0.15, -0.1) is 5.10 Å². The van der Waals surface area contributed by atoms with Crippen molar-refractivity contribution in [1.82, 2.24) is 14.6 Å². The second kappa shape index (κ2) is 9.68. The van der Waals surface area contributed by atoms with Gasteiger partial charge in [-0.3, -0.25) is 9.59 Å². The minimum Gasteiger partial charge on any atom is -0.494 e. The van der Waals surface area contributed by atoms with Gasteiger partial charge in [0.05, 0.1) is 16.7 Å². The minimum atomic E-state index is -0.439. The van der Waals surface area contributed by atoms with Crippen molar-refractivity contribution in [2.45, 2.75) is 26.7 Å². The highest BCUT2D eigenvalue weighted by atomic mass is 32.1. The molecule has 35 heavy (non-hydrogen) atoms. The van der Waals surface area contributed by atoms with Crippen LogP contribution in [0, 0.1) is 0 Å². The molecule has 7 nitrogen and oxygen atoms in total. The number of thiazole rings is 1. The number of hydrogen-bond acceptors (Lipinski definition) is 7. The van der Waals surface area contributed by atoms with Crippen LogP contribution in [-0.2, 0) is 4.79 Å². The number of ether oxygens (including phenoxy) is 2. The van der Waals surface area contributed by atoms with Gasteiger partial charge in [-0.25, -0.2) is 0 Å². The molecule has 0 saturated heterocycles. The van der Waals surface area contributed by atoms with Crippen LogP contribution in [-0.4, -0.2) is 27.2 Å². The van der Waals surface area contributed by atoms with Gasteiger partial charge in [-0.1, -0.05) is 61.1 Å². The Balaban J connectivity index is 1.50. The molecular weight excluding hydrogens is 462 g/mol. The van der Waals surface area contributed by atoms with Gasteiger partial charge in [-0.2, -0.15) is 9.50 Å². The number of nitrogens with zero attached hydrogens (tertiary/aromatic N) is 3. The molecule has 0 N–H and O–H groups in total. The predicted octanol–water partition coefficient (Wildman–Crippen LogP) is 4.62. The van der Waals surface area contributed by atoms with E-state index in [4.69, 9.17) is 9.47 Å². The molecule has 0 radical (unpaired) electrons. The van der Waals surface area contributed by atoms with Gasteiger partial charge in [0.2, 0.25) is 4.96 Å². The number of esters is 1. The molecule has 0 spiro atoms. The fourth-order valence-corrected chi connectivity index (χ4v) is 4.64. The largest absolute Gasteiger partial charge is 0.494 e.